The van der Waals surface area contributed by atoms with Gasteiger partial charge in [-0.15, -0.1) is 0 Å². The molecule has 3 aromatic rings. The predicted octanol–water partition coefficient (Wildman–Crippen LogP) is 5.39. The van der Waals surface area contributed by atoms with Gasteiger partial charge in [0.1, 0.15) is 0 Å². The summed E-state index contributed by atoms with van der Waals surface area (Å²) < 4.78 is 0. The van der Waals surface area contributed by atoms with Gasteiger partial charge in [-0.3, -0.25) is 0 Å². The third-order valence-corrected chi connectivity index (χ3v) is 5.22. The number of nitrogens with one attached hydrogen (secondary N) is 1. The molecule has 1 N–H and O–H groups in total. The summed E-state index contributed by atoms with van der Waals surface area (Å²) in [6, 6.07) is 29.0. The second-order valence-corrected chi connectivity index (χ2v) is 7.01. The van der Waals surface area contributed by atoms with E-state index in [0.29, 0.717) is 6.04 Å². The number of rotatable bonds is 4. The standard InChI is InChI=1S/C24H25N/c1-3-8-19(9-4-1)18-25-24-13-7-12-21-14-15-22(16-23(21)17-24)20-10-5-2-6-11-20/h1-6,8-11,14-16,24-25H,7,12-13,17-18H2. The molecule has 1 heteroatoms. The van der Waals surface area contributed by atoms with Crippen LogP contribution >= 0.6 is 0 Å². The van der Waals surface area contributed by atoms with Crippen LogP contribution in [0.25, 0.3) is 11.1 Å². The zero-order valence-corrected chi connectivity index (χ0v) is 14.6. The fraction of sp³-hybridized carbons (Fsp3) is 0.250. The Morgan fingerprint density at radius 1 is 0.760 bits per heavy atom. The Morgan fingerprint density at radius 2 is 1.52 bits per heavy atom. The summed E-state index contributed by atoms with van der Waals surface area (Å²) in [6.45, 7) is 0.958. The number of hydrogen-bond acceptors (Lipinski definition) is 1. The van der Waals surface area contributed by atoms with Crippen molar-refractivity contribution >= 4 is 0 Å². The molecule has 1 atom stereocenters. The first-order valence-corrected chi connectivity index (χ1v) is 9.33. The zero-order valence-electron chi connectivity index (χ0n) is 14.6. The van der Waals surface area contributed by atoms with E-state index in [1.165, 1.54) is 47.1 Å². The van der Waals surface area contributed by atoms with Gasteiger partial charge < -0.3 is 5.32 Å². The van der Waals surface area contributed by atoms with Gasteiger partial charge in [0.25, 0.3) is 0 Å². The fourth-order valence-electron chi connectivity index (χ4n) is 3.81. The third-order valence-electron chi connectivity index (χ3n) is 5.22. The normalized spacial score (nSPS) is 16.9. The quantitative estimate of drug-likeness (QED) is 0.633. The first-order valence-electron chi connectivity index (χ1n) is 9.33. The van der Waals surface area contributed by atoms with Crippen molar-refractivity contribution in [3.8, 4) is 11.1 Å². The lowest BCUT2D eigenvalue weighted by atomic mass is 9.96. The molecular weight excluding hydrogens is 302 g/mol. The van der Waals surface area contributed by atoms with E-state index in [4.69, 9.17) is 0 Å². The first kappa shape index (κ1) is 16.1. The summed E-state index contributed by atoms with van der Waals surface area (Å²) in [4.78, 5) is 0. The summed E-state index contributed by atoms with van der Waals surface area (Å²) in [6.07, 6.45) is 4.85. The largest absolute Gasteiger partial charge is 0.310 e. The van der Waals surface area contributed by atoms with Crippen LogP contribution in [-0.4, -0.2) is 6.04 Å². The molecule has 4 rings (SSSR count). The van der Waals surface area contributed by atoms with Crippen LogP contribution in [-0.2, 0) is 19.4 Å². The Bertz CT molecular complexity index is 808. The van der Waals surface area contributed by atoms with Gasteiger partial charge in [0, 0.05) is 12.6 Å². The second-order valence-electron chi connectivity index (χ2n) is 7.01. The van der Waals surface area contributed by atoms with Crippen LogP contribution in [0.15, 0.2) is 78.9 Å². The molecule has 0 fully saturated rings. The molecule has 126 valence electrons. The molecule has 0 amide bonds. The van der Waals surface area contributed by atoms with Crippen molar-refractivity contribution in [2.45, 2.75) is 38.3 Å². The molecule has 0 spiro atoms. The zero-order chi connectivity index (χ0) is 16.9. The maximum Gasteiger partial charge on any atom is 0.0208 e. The molecule has 0 saturated carbocycles. The maximum atomic E-state index is 3.78. The van der Waals surface area contributed by atoms with E-state index in [9.17, 15) is 0 Å². The molecule has 1 unspecified atom stereocenters. The van der Waals surface area contributed by atoms with Gasteiger partial charge in [-0.25, -0.2) is 0 Å². The van der Waals surface area contributed by atoms with Crippen LogP contribution in [0.3, 0.4) is 0 Å². The van der Waals surface area contributed by atoms with E-state index >= 15 is 0 Å². The van der Waals surface area contributed by atoms with Crippen molar-refractivity contribution in [2.24, 2.45) is 0 Å². The summed E-state index contributed by atoms with van der Waals surface area (Å²) >= 11 is 0. The molecule has 0 bridgehead atoms. The van der Waals surface area contributed by atoms with Gasteiger partial charge in [-0.2, -0.15) is 0 Å². The monoisotopic (exact) mass is 327 g/mol. The van der Waals surface area contributed by atoms with E-state index in [2.05, 4.69) is 84.2 Å². The number of fused-ring (bicyclic) bond motifs is 1. The lowest BCUT2D eigenvalue weighted by Gasteiger charge is -2.17. The van der Waals surface area contributed by atoms with Crippen molar-refractivity contribution < 1.29 is 0 Å². The molecule has 1 aliphatic rings. The highest BCUT2D eigenvalue weighted by Crippen LogP contribution is 2.27. The van der Waals surface area contributed by atoms with E-state index in [0.717, 1.165) is 13.0 Å². The van der Waals surface area contributed by atoms with Gasteiger partial charge >= 0.3 is 0 Å². The average Bonchev–Trinajstić information content (AvgIpc) is 2.89. The van der Waals surface area contributed by atoms with Crippen molar-refractivity contribution in [1.82, 2.24) is 5.32 Å². The molecule has 0 radical (unpaired) electrons. The van der Waals surface area contributed by atoms with Crippen LogP contribution < -0.4 is 5.32 Å². The molecule has 1 nitrogen and oxygen atoms in total. The molecular formula is C24H25N. The number of aryl methyl sites for hydroxylation is 1. The van der Waals surface area contributed by atoms with E-state index in [1.807, 2.05) is 0 Å². The average molecular weight is 327 g/mol. The Morgan fingerprint density at radius 3 is 2.32 bits per heavy atom. The molecule has 0 saturated heterocycles. The Balaban J connectivity index is 1.51. The topological polar surface area (TPSA) is 12.0 Å². The minimum Gasteiger partial charge on any atom is -0.310 e. The van der Waals surface area contributed by atoms with E-state index in [1.54, 1.807) is 0 Å². The highest BCUT2D eigenvalue weighted by molar-refractivity contribution is 5.65. The molecule has 0 heterocycles. The summed E-state index contributed by atoms with van der Waals surface area (Å²) in [7, 11) is 0. The minimum absolute atomic E-state index is 0.562. The van der Waals surface area contributed by atoms with Gasteiger partial charge in [-0.05, 0) is 53.5 Å². The SMILES string of the molecule is c1ccc(CNC2CCCc3ccc(-c4ccccc4)cc3C2)cc1. The highest BCUT2D eigenvalue weighted by Gasteiger charge is 2.17. The number of hydrogen-bond donors (Lipinski definition) is 1. The van der Waals surface area contributed by atoms with Crippen LogP contribution in [0.4, 0.5) is 0 Å². The van der Waals surface area contributed by atoms with Gasteiger partial charge in [-0.1, -0.05) is 78.9 Å². The first-order chi connectivity index (χ1) is 12.4. The van der Waals surface area contributed by atoms with Crippen molar-refractivity contribution in [3.05, 3.63) is 95.6 Å². The summed E-state index contributed by atoms with van der Waals surface area (Å²) in [5.41, 5.74) is 7.06. The van der Waals surface area contributed by atoms with Gasteiger partial charge in [0.2, 0.25) is 0 Å². The third kappa shape index (κ3) is 4.00. The Kier molecular flexibility index (Phi) is 4.94. The fourth-order valence-corrected chi connectivity index (χ4v) is 3.81. The van der Waals surface area contributed by atoms with Crippen molar-refractivity contribution in [3.63, 3.8) is 0 Å². The molecule has 1 aliphatic carbocycles. The maximum absolute atomic E-state index is 3.78. The summed E-state index contributed by atoms with van der Waals surface area (Å²) in [5, 5.41) is 3.78. The molecule has 3 aromatic carbocycles. The lowest BCUT2D eigenvalue weighted by molar-refractivity contribution is 0.475. The van der Waals surface area contributed by atoms with Crippen LogP contribution in [0.2, 0.25) is 0 Å². The van der Waals surface area contributed by atoms with Gasteiger partial charge in [0.05, 0.1) is 0 Å². The smallest absolute Gasteiger partial charge is 0.0208 e. The molecule has 0 aromatic heterocycles. The minimum atomic E-state index is 0.562. The van der Waals surface area contributed by atoms with E-state index < -0.39 is 0 Å². The predicted molar refractivity (Wildman–Crippen MR) is 106 cm³/mol. The van der Waals surface area contributed by atoms with Crippen molar-refractivity contribution in [2.75, 3.05) is 0 Å². The molecule has 0 aliphatic heterocycles. The number of benzene rings is 3. The Labute approximate surface area is 150 Å². The highest BCUT2D eigenvalue weighted by atomic mass is 14.9. The lowest BCUT2D eigenvalue weighted by Crippen LogP contribution is -2.30. The summed E-state index contributed by atoms with van der Waals surface area (Å²) in [5.74, 6) is 0. The van der Waals surface area contributed by atoms with Crippen LogP contribution in [0, 0.1) is 0 Å². The van der Waals surface area contributed by atoms with Crippen molar-refractivity contribution in [1.29, 1.82) is 0 Å². The van der Waals surface area contributed by atoms with E-state index in [-0.39, 0.29) is 0 Å². The van der Waals surface area contributed by atoms with Crippen LogP contribution in [0.1, 0.15) is 29.5 Å². The molecule has 25 heavy (non-hydrogen) atoms. The Hall–Kier alpha value is -2.38. The van der Waals surface area contributed by atoms with Gasteiger partial charge in [0.15, 0.2) is 0 Å². The van der Waals surface area contributed by atoms with Crippen LogP contribution in [0.5, 0.6) is 0 Å². The second kappa shape index (κ2) is 7.67.